The van der Waals surface area contributed by atoms with Crippen molar-refractivity contribution >= 4 is 11.9 Å². The lowest BCUT2D eigenvalue weighted by Gasteiger charge is -2.36. The van der Waals surface area contributed by atoms with Crippen LogP contribution in [0.3, 0.4) is 0 Å². The maximum atomic E-state index is 12.9. The Morgan fingerprint density at radius 2 is 2.13 bits per heavy atom. The SMILES string of the molecule is O=C(O)CC1(NC(=O)CCCn2cc(-c3cccc(C(F)(F)F)c3)nn2)CCCOC1. The van der Waals surface area contributed by atoms with E-state index in [1.165, 1.54) is 23.0 Å². The summed E-state index contributed by atoms with van der Waals surface area (Å²) in [5, 5.41) is 19.8. The number of nitrogens with zero attached hydrogens (tertiary/aromatic N) is 3. The van der Waals surface area contributed by atoms with Gasteiger partial charge in [-0.1, -0.05) is 17.3 Å². The molecule has 1 aliphatic heterocycles. The van der Waals surface area contributed by atoms with E-state index in [9.17, 15) is 22.8 Å². The average molecular weight is 440 g/mol. The molecule has 31 heavy (non-hydrogen) atoms. The minimum Gasteiger partial charge on any atom is -0.481 e. The van der Waals surface area contributed by atoms with Crippen molar-refractivity contribution in [2.24, 2.45) is 0 Å². The van der Waals surface area contributed by atoms with Gasteiger partial charge in [-0.2, -0.15) is 13.2 Å². The van der Waals surface area contributed by atoms with Gasteiger partial charge in [-0.05, 0) is 31.4 Å². The molecule has 1 aliphatic rings. The number of carboxylic acids is 1. The van der Waals surface area contributed by atoms with Crippen molar-refractivity contribution in [3.05, 3.63) is 36.0 Å². The van der Waals surface area contributed by atoms with E-state index in [0.29, 0.717) is 43.7 Å². The molecule has 3 rings (SSSR count). The summed E-state index contributed by atoms with van der Waals surface area (Å²) in [7, 11) is 0. The smallest absolute Gasteiger partial charge is 0.416 e. The van der Waals surface area contributed by atoms with Gasteiger partial charge in [-0.25, -0.2) is 0 Å². The van der Waals surface area contributed by atoms with Crippen molar-refractivity contribution in [3.8, 4) is 11.3 Å². The Balaban J connectivity index is 1.54. The molecule has 11 heteroatoms. The van der Waals surface area contributed by atoms with Crippen LogP contribution in [-0.4, -0.2) is 50.7 Å². The largest absolute Gasteiger partial charge is 0.481 e. The maximum absolute atomic E-state index is 12.9. The van der Waals surface area contributed by atoms with Gasteiger partial charge in [0.25, 0.3) is 0 Å². The number of aromatic nitrogens is 3. The molecule has 1 unspecified atom stereocenters. The average Bonchev–Trinajstić information content (AvgIpc) is 3.16. The first-order valence-electron chi connectivity index (χ1n) is 9.85. The van der Waals surface area contributed by atoms with Gasteiger partial charge in [-0.15, -0.1) is 5.10 Å². The number of benzene rings is 1. The number of aliphatic carboxylic acids is 1. The number of hydrogen-bond acceptors (Lipinski definition) is 5. The number of carbonyl (C=O) groups is 2. The molecule has 1 aromatic heterocycles. The molecule has 0 spiro atoms. The second-order valence-corrected chi connectivity index (χ2v) is 7.60. The third-order valence-electron chi connectivity index (χ3n) is 5.03. The van der Waals surface area contributed by atoms with Crippen LogP contribution in [-0.2, 0) is 27.0 Å². The monoisotopic (exact) mass is 440 g/mol. The zero-order valence-corrected chi connectivity index (χ0v) is 16.7. The molecule has 0 bridgehead atoms. The lowest BCUT2D eigenvalue weighted by Crippen LogP contribution is -2.55. The number of carbonyl (C=O) groups excluding carboxylic acids is 1. The number of halogens is 3. The van der Waals surface area contributed by atoms with E-state index >= 15 is 0 Å². The van der Waals surface area contributed by atoms with E-state index < -0.39 is 23.2 Å². The van der Waals surface area contributed by atoms with Crippen molar-refractivity contribution in [1.29, 1.82) is 0 Å². The molecule has 8 nitrogen and oxygen atoms in total. The highest BCUT2D eigenvalue weighted by molar-refractivity contribution is 5.78. The summed E-state index contributed by atoms with van der Waals surface area (Å²) < 4.78 is 45.5. The van der Waals surface area contributed by atoms with Crippen molar-refractivity contribution < 1.29 is 32.6 Å². The maximum Gasteiger partial charge on any atom is 0.416 e. The number of nitrogens with one attached hydrogen (secondary N) is 1. The van der Waals surface area contributed by atoms with Crippen LogP contribution in [0.2, 0.25) is 0 Å². The molecule has 1 atom stereocenters. The van der Waals surface area contributed by atoms with E-state index in [1.807, 2.05) is 0 Å². The molecule has 1 aromatic carbocycles. The van der Waals surface area contributed by atoms with Crippen LogP contribution in [0, 0.1) is 0 Å². The highest BCUT2D eigenvalue weighted by atomic mass is 19.4. The quantitative estimate of drug-likeness (QED) is 0.654. The molecule has 2 heterocycles. The first-order chi connectivity index (χ1) is 14.7. The van der Waals surface area contributed by atoms with Crippen LogP contribution in [0.5, 0.6) is 0 Å². The molecule has 0 aliphatic carbocycles. The van der Waals surface area contributed by atoms with Gasteiger partial charge >= 0.3 is 12.1 Å². The van der Waals surface area contributed by atoms with Crippen LogP contribution < -0.4 is 5.32 Å². The van der Waals surface area contributed by atoms with Crippen LogP contribution in [0.25, 0.3) is 11.3 Å². The Hall–Kier alpha value is -2.95. The number of hydrogen-bond donors (Lipinski definition) is 2. The fraction of sp³-hybridized carbons (Fsp3) is 0.500. The Morgan fingerprint density at radius 1 is 1.32 bits per heavy atom. The minimum atomic E-state index is -4.44. The Kier molecular flexibility index (Phi) is 6.94. The summed E-state index contributed by atoms with van der Waals surface area (Å²) in [4.78, 5) is 23.5. The van der Waals surface area contributed by atoms with E-state index in [2.05, 4.69) is 15.6 Å². The summed E-state index contributed by atoms with van der Waals surface area (Å²) in [6, 6.07) is 4.82. The van der Waals surface area contributed by atoms with Gasteiger partial charge in [0, 0.05) is 25.1 Å². The molecule has 2 N–H and O–H groups in total. The number of amides is 1. The van der Waals surface area contributed by atoms with Crippen molar-refractivity contribution in [3.63, 3.8) is 0 Å². The first kappa shape index (κ1) is 22.7. The Labute approximate surface area is 176 Å². The molecule has 0 saturated carbocycles. The first-order valence-corrected chi connectivity index (χ1v) is 9.85. The molecule has 0 radical (unpaired) electrons. The van der Waals surface area contributed by atoms with Crippen molar-refractivity contribution in [1.82, 2.24) is 20.3 Å². The molecular weight excluding hydrogens is 417 g/mol. The van der Waals surface area contributed by atoms with Crippen molar-refractivity contribution in [2.75, 3.05) is 13.2 Å². The van der Waals surface area contributed by atoms with Crippen LogP contribution >= 0.6 is 0 Å². The molecule has 168 valence electrons. The normalized spacial score (nSPS) is 19.2. The summed E-state index contributed by atoms with van der Waals surface area (Å²) in [5.74, 6) is -1.29. The van der Waals surface area contributed by atoms with Crippen LogP contribution in [0.1, 0.15) is 37.7 Å². The van der Waals surface area contributed by atoms with Gasteiger partial charge < -0.3 is 15.2 Å². The van der Waals surface area contributed by atoms with Crippen molar-refractivity contribution in [2.45, 2.75) is 50.4 Å². The second-order valence-electron chi connectivity index (χ2n) is 7.60. The molecular formula is C20H23F3N4O4. The van der Waals surface area contributed by atoms with Gasteiger partial charge in [0.1, 0.15) is 5.69 Å². The highest BCUT2D eigenvalue weighted by Crippen LogP contribution is 2.31. The Bertz CT molecular complexity index is 923. The summed E-state index contributed by atoms with van der Waals surface area (Å²) in [6.07, 6.45) is -1.38. The fourth-order valence-electron chi connectivity index (χ4n) is 3.58. The van der Waals surface area contributed by atoms with E-state index in [1.54, 1.807) is 0 Å². The number of aryl methyl sites for hydroxylation is 1. The van der Waals surface area contributed by atoms with Gasteiger partial charge in [0.05, 0.1) is 30.3 Å². The summed E-state index contributed by atoms with van der Waals surface area (Å²) >= 11 is 0. The lowest BCUT2D eigenvalue weighted by atomic mass is 9.88. The zero-order valence-electron chi connectivity index (χ0n) is 16.7. The standard InChI is InChI=1S/C20H23F3N4O4/c21-20(22,23)15-5-1-4-14(10-15)16-12-27(26-25-16)8-2-6-17(28)24-19(11-18(29)30)7-3-9-31-13-19/h1,4-5,10,12H,2-3,6-9,11,13H2,(H,24,28)(H,29,30). The highest BCUT2D eigenvalue weighted by Gasteiger charge is 2.36. The van der Waals surface area contributed by atoms with E-state index in [4.69, 9.17) is 9.84 Å². The van der Waals surface area contributed by atoms with E-state index in [0.717, 1.165) is 12.1 Å². The third-order valence-corrected chi connectivity index (χ3v) is 5.03. The molecule has 1 amide bonds. The van der Waals surface area contributed by atoms with Gasteiger partial charge in [0.15, 0.2) is 0 Å². The second kappa shape index (κ2) is 9.46. The summed E-state index contributed by atoms with van der Waals surface area (Å²) in [5.41, 5.74) is -1.06. The number of ether oxygens (including phenoxy) is 1. The fourth-order valence-corrected chi connectivity index (χ4v) is 3.58. The molecule has 2 aromatic rings. The van der Waals surface area contributed by atoms with Gasteiger partial charge in [0.2, 0.25) is 5.91 Å². The Morgan fingerprint density at radius 3 is 2.81 bits per heavy atom. The van der Waals surface area contributed by atoms with Crippen LogP contribution in [0.15, 0.2) is 30.5 Å². The number of carboxylic acid groups (broad SMARTS) is 1. The summed E-state index contributed by atoms with van der Waals surface area (Å²) in [6.45, 7) is 1.04. The van der Waals surface area contributed by atoms with E-state index in [-0.39, 0.29) is 25.4 Å². The number of rotatable bonds is 8. The molecule has 1 saturated heterocycles. The minimum absolute atomic E-state index is 0.139. The van der Waals surface area contributed by atoms with Gasteiger partial charge in [-0.3, -0.25) is 14.3 Å². The third kappa shape index (κ3) is 6.27. The number of alkyl halides is 3. The predicted molar refractivity (Wildman–Crippen MR) is 103 cm³/mol. The molecule has 1 fully saturated rings. The zero-order chi connectivity index (χ0) is 22.5. The lowest BCUT2D eigenvalue weighted by molar-refractivity contribution is -0.141. The van der Waals surface area contributed by atoms with Crippen LogP contribution in [0.4, 0.5) is 13.2 Å². The predicted octanol–water partition coefficient (Wildman–Crippen LogP) is 2.88. The topological polar surface area (TPSA) is 106 Å².